The van der Waals surface area contributed by atoms with Gasteiger partial charge in [0.2, 0.25) is 0 Å². The first-order valence-electron chi connectivity index (χ1n) is 12.9. The number of nitrogens with two attached hydrogens (primary N) is 1. The highest BCUT2D eigenvalue weighted by molar-refractivity contribution is 7.14. The van der Waals surface area contributed by atoms with Crippen LogP contribution in [0.2, 0.25) is 0 Å². The van der Waals surface area contributed by atoms with Crippen LogP contribution in [0.15, 0.2) is 78.4 Å². The smallest absolute Gasteiger partial charge is 0.255 e. The molecule has 0 bridgehead atoms. The van der Waals surface area contributed by atoms with Crippen molar-refractivity contribution in [3.63, 3.8) is 0 Å². The fourth-order valence-electron chi connectivity index (χ4n) is 4.58. The van der Waals surface area contributed by atoms with Gasteiger partial charge in [-0.2, -0.15) is 0 Å². The van der Waals surface area contributed by atoms with Gasteiger partial charge in [-0.05, 0) is 55.6 Å². The summed E-state index contributed by atoms with van der Waals surface area (Å²) in [6, 6.07) is 18.0. The zero-order valence-corrected chi connectivity index (χ0v) is 22.7. The Hall–Kier alpha value is -4.74. The lowest BCUT2D eigenvalue weighted by Crippen LogP contribution is -2.47. The van der Waals surface area contributed by atoms with Crippen LogP contribution in [0, 0.1) is 0 Å². The summed E-state index contributed by atoms with van der Waals surface area (Å²) in [4.78, 5) is 39.0. The number of fused-ring (bicyclic) bond motifs is 1. The zero-order valence-electron chi connectivity index (χ0n) is 21.9. The number of aromatic nitrogens is 3. The first-order chi connectivity index (χ1) is 19.4. The number of thiazole rings is 1. The van der Waals surface area contributed by atoms with Gasteiger partial charge in [0.15, 0.2) is 5.13 Å². The molecule has 0 atom stereocenters. The van der Waals surface area contributed by atoms with Crippen LogP contribution in [0.4, 0.5) is 22.2 Å². The Morgan fingerprint density at radius 1 is 0.975 bits per heavy atom. The van der Waals surface area contributed by atoms with Crippen molar-refractivity contribution < 1.29 is 9.59 Å². The summed E-state index contributed by atoms with van der Waals surface area (Å²) < 4.78 is 1.94. The number of hydrogen-bond acceptors (Lipinski definition) is 8. The number of imidazole rings is 1. The molecule has 1 fully saturated rings. The van der Waals surface area contributed by atoms with Gasteiger partial charge in [0.1, 0.15) is 11.3 Å². The SMILES string of the molecule is CN1CCN(C(=O)c2ccn3c(-c4csc(Nc5ccc(C(=O)Nc6ccccc6N)cc5)n4)cnc3c2)CC1. The lowest BCUT2D eigenvalue weighted by molar-refractivity contribution is 0.0664. The third-order valence-corrected chi connectivity index (χ3v) is 7.68. The Kier molecular flexibility index (Phi) is 6.89. The topological polar surface area (TPSA) is 121 Å². The second-order valence-corrected chi connectivity index (χ2v) is 10.5. The van der Waals surface area contributed by atoms with Gasteiger partial charge >= 0.3 is 0 Å². The van der Waals surface area contributed by atoms with E-state index in [0.717, 1.165) is 43.3 Å². The maximum Gasteiger partial charge on any atom is 0.255 e. The Bertz CT molecular complexity index is 1690. The van der Waals surface area contributed by atoms with Crippen molar-refractivity contribution in [3.05, 3.63) is 89.6 Å². The van der Waals surface area contributed by atoms with Crippen molar-refractivity contribution in [1.29, 1.82) is 0 Å². The number of amides is 2. The molecule has 11 heteroatoms. The molecule has 2 aromatic carbocycles. The lowest BCUT2D eigenvalue weighted by Gasteiger charge is -2.32. The Morgan fingerprint density at radius 2 is 1.75 bits per heavy atom. The number of rotatable bonds is 6. The molecule has 0 radical (unpaired) electrons. The van der Waals surface area contributed by atoms with Gasteiger partial charge in [-0.1, -0.05) is 12.1 Å². The van der Waals surface area contributed by atoms with Crippen LogP contribution < -0.4 is 16.4 Å². The van der Waals surface area contributed by atoms with Crippen LogP contribution in [0.5, 0.6) is 0 Å². The van der Waals surface area contributed by atoms with E-state index in [4.69, 9.17) is 10.7 Å². The Labute approximate surface area is 235 Å². The fourth-order valence-corrected chi connectivity index (χ4v) is 5.30. The molecule has 0 aliphatic carbocycles. The Morgan fingerprint density at radius 3 is 2.52 bits per heavy atom. The van der Waals surface area contributed by atoms with Crippen LogP contribution in [-0.4, -0.2) is 69.2 Å². The monoisotopic (exact) mass is 552 g/mol. The lowest BCUT2D eigenvalue weighted by atomic mass is 10.2. The molecular formula is C29H28N8O2S. The van der Waals surface area contributed by atoms with Gasteiger partial charge in [0, 0.05) is 54.6 Å². The molecule has 4 heterocycles. The number of nitrogen functional groups attached to an aromatic ring is 1. The van der Waals surface area contributed by atoms with Crippen LogP contribution in [0.3, 0.4) is 0 Å². The van der Waals surface area contributed by atoms with Gasteiger partial charge in [0.05, 0.1) is 23.3 Å². The average molecular weight is 553 g/mol. The van der Waals surface area contributed by atoms with Gasteiger partial charge in [0.25, 0.3) is 11.8 Å². The van der Waals surface area contributed by atoms with E-state index in [-0.39, 0.29) is 11.8 Å². The summed E-state index contributed by atoms with van der Waals surface area (Å²) in [6.07, 6.45) is 3.64. The van der Waals surface area contributed by atoms with Gasteiger partial charge in [-0.15, -0.1) is 11.3 Å². The number of nitrogens with one attached hydrogen (secondary N) is 2. The molecular weight excluding hydrogens is 524 g/mol. The van der Waals surface area contributed by atoms with Crippen LogP contribution in [0.25, 0.3) is 17.0 Å². The van der Waals surface area contributed by atoms with E-state index < -0.39 is 0 Å². The third kappa shape index (κ3) is 5.24. The van der Waals surface area contributed by atoms with Crippen LogP contribution in [0.1, 0.15) is 20.7 Å². The molecule has 5 aromatic rings. The van der Waals surface area contributed by atoms with E-state index in [1.165, 1.54) is 11.3 Å². The summed E-state index contributed by atoms with van der Waals surface area (Å²) in [5.41, 5.74) is 11.3. The number of nitrogens with zero attached hydrogens (tertiary/aromatic N) is 5. The van der Waals surface area contributed by atoms with E-state index in [9.17, 15) is 9.59 Å². The predicted molar refractivity (Wildman–Crippen MR) is 158 cm³/mol. The number of anilines is 4. The minimum Gasteiger partial charge on any atom is -0.397 e. The minimum atomic E-state index is -0.234. The number of pyridine rings is 1. The van der Waals surface area contributed by atoms with E-state index in [1.807, 2.05) is 57.3 Å². The first kappa shape index (κ1) is 25.5. The van der Waals surface area contributed by atoms with Crippen molar-refractivity contribution in [2.75, 3.05) is 49.6 Å². The van der Waals surface area contributed by atoms with E-state index in [2.05, 4.69) is 27.6 Å². The molecule has 0 spiro atoms. The number of benzene rings is 2. The van der Waals surface area contributed by atoms with E-state index in [0.29, 0.717) is 33.3 Å². The summed E-state index contributed by atoms with van der Waals surface area (Å²) in [6.45, 7) is 3.22. The van der Waals surface area contributed by atoms with E-state index >= 15 is 0 Å². The average Bonchev–Trinajstić information content (AvgIpc) is 3.61. The number of carbonyl (C=O) groups excluding carboxylic acids is 2. The van der Waals surface area contributed by atoms with Gasteiger partial charge in [-0.3, -0.25) is 14.0 Å². The molecule has 4 N–H and O–H groups in total. The zero-order chi connectivity index (χ0) is 27.6. The van der Waals surface area contributed by atoms with Crippen molar-refractivity contribution in [2.24, 2.45) is 0 Å². The number of hydrogen-bond donors (Lipinski definition) is 3. The van der Waals surface area contributed by atoms with Crippen molar-refractivity contribution in [1.82, 2.24) is 24.2 Å². The van der Waals surface area contributed by atoms with Crippen molar-refractivity contribution in [2.45, 2.75) is 0 Å². The predicted octanol–water partition coefficient (Wildman–Crippen LogP) is 4.42. The largest absolute Gasteiger partial charge is 0.397 e. The highest BCUT2D eigenvalue weighted by atomic mass is 32.1. The van der Waals surface area contributed by atoms with Gasteiger partial charge < -0.3 is 26.2 Å². The summed E-state index contributed by atoms with van der Waals surface area (Å²) in [5.74, 6) is -0.199. The highest BCUT2D eigenvalue weighted by Crippen LogP contribution is 2.28. The summed E-state index contributed by atoms with van der Waals surface area (Å²) in [5, 5.41) is 8.80. The van der Waals surface area contributed by atoms with Gasteiger partial charge in [-0.25, -0.2) is 9.97 Å². The third-order valence-electron chi connectivity index (χ3n) is 6.92. The standard InChI is InChI=1S/C29H28N8O2S/c1-35-12-14-36(15-13-35)28(39)20-10-11-37-25(17-31-26(37)16-20)24-18-40-29(34-24)32-21-8-6-19(7-9-21)27(38)33-23-5-3-2-4-22(23)30/h2-11,16-18H,12-15,30H2,1H3,(H,32,34)(H,33,38). The first-order valence-corrected chi connectivity index (χ1v) is 13.8. The number of carbonyl (C=O) groups is 2. The molecule has 3 aromatic heterocycles. The highest BCUT2D eigenvalue weighted by Gasteiger charge is 2.21. The number of likely N-dealkylation sites (N-methyl/N-ethyl adjacent to an activating group) is 1. The molecule has 1 aliphatic rings. The number of piperazine rings is 1. The molecule has 1 saturated heterocycles. The van der Waals surface area contributed by atoms with Crippen LogP contribution in [-0.2, 0) is 0 Å². The fraction of sp³-hybridized carbons (Fsp3) is 0.172. The normalized spacial score (nSPS) is 13.9. The summed E-state index contributed by atoms with van der Waals surface area (Å²) in [7, 11) is 2.07. The summed E-state index contributed by atoms with van der Waals surface area (Å²) >= 11 is 1.47. The molecule has 10 nitrogen and oxygen atoms in total. The second-order valence-electron chi connectivity index (χ2n) is 9.66. The molecule has 40 heavy (non-hydrogen) atoms. The molecule has 0 saturated carbocycles. The molecule has 6 rings (SSSR count). The molecule has 1 aliphatic heterocycles. The Balaban J connectivity index is 1.13. The van der Waals surface area contributed by atoms with E-state index in [1.54, 1.807) is 30.5 Å². The maximum atomic E-state index is 13.0. The van der Waals surface area contributed by atoms with Crippen molar-refractivity contribution in [3.8, 4) is 11.4 Å². The second kappa shape index (κ2) is 10.8. The quantitative estimate of drug-likeness (QED) is 0.267. The molecule has 202 valence electrons. The maximum absolute atomic E-state index is 13.0. The molecule has 0 unspecified atom stereocenters. The minimum absolute atomic E-state index is 0.0352. The van der Waals surface area contributed by atoms with Crippen LogP contribution >= 0.6 is 11.3 Å². The number of para-hydroxylation sites is 2. The molecule has 2 amide bonds. The van der Waals surface area contributed by atoms with Crippen molar-refractivity contribution >= 4 is 51.0 Å².